The zero-order valence-corrected chi connectivity index (χ0v) is 7.20. The lowest BCUT2D eigenvalue weighted by Gasteiger charge is -1.78. The SMILES string of the molecule is CC(S)S.O=S(=O)(O)O. The van der Waals surface area contributed by atoms with Crippen LogP contribution >= 0.6 is 25.3 Å². The summed E-state index contributed by atoms with van der Waals surface area (Å²) in [6.45, 7) is 1.90. The molecule has 0 atom stereocenters. The molecule has 2 N–H and O–H groups in total. The summed E-state index contributed by atoms with van der Waals surface area (Å²) >= 11 is 7.66. The smallest absolute Gasteiger partial charge is 0.264 e. The normalized spacial score (nSPS) is 10.4. The van der Waals surface area contributed by atoms with E-state index in [1.807, 2.05) is 6.92 Å². The van der Waals surface area contributed by atoms with Crippen molar-refractivity contribution in [3.05, 3.63) is 0 Å². The molecule has 0 aromatic heterocycles. The minimum Gasteiger partial charge on any atom is -0.264 e. The van der Waals surface area contributed by atoms with Crippen LogP contribution in [0.5, 0.6) is 0 Å². The van der Waals surface area contributed by atoms with E-state index in [-0.39, 0.29) is 4.58 Å². The van der Waals surface area contributed by atoms with E-state index in [9.17, 15) is 0 Å². The Bertz CT molecular complexity index is 125. The summed E-state index contributed by atoms with van der Waals surface area (Å²) in [5.74, 6) is 0. The Hall–Kier alpha value is 0.570. The van der Waals surface area contributed by atoms with Gasteiger partial charge >= 0.3 is 10.4 Å². The molecule has 7 heteroatoms. The van der Waals surface area contributed by atoms with E-state index in [1.165, 1.54) is 0 Å². The van der Waals surface area contributed by atoms with Crippen molar-refractivity contribution in [2.24, 2.45) is 0 Å². The summed E-state index contributed by atoms with van der Waals surface area (Å²) in [6.07, 6.45) is 0. The number of thiol groups is 2. The van der Waals surface area contributed by atoms with Crippen molar-refractivity contribution in [3.8, 4) is 0 Å². The third-order valence-electron chi connectivity index (χ3n) is 0. The second-order valence-electron chi connectivity index (χ2n) is 1.08. The molecule has 0 saturated heterocycles. The van der Waals surface area contributed by atoms with Crippen molar-refractivity contribution in [2.75, 3.05) is 0 Å². The van der Waals surface area contributed by atoms with Crippen LogP contribution < -0.4 is 0 Å². The second-order valence-corrected chi connectivity index (χ2v) is 3.93. The van der Waals surface area contributed by atoms with Gasteiger partial charge in [-0.25, -0.2) is 0 Å². The fourth-order valence-corrected chi connectivity index (χ4v) is 0. The van der Waals surface area contributed by atoms with Gasteiger partial charge in [-0.1, -0.05) is 0 Å². The van der Waals surface area contributed by atoms with Gasteiger partial charge in [-0.3, -0.25) is 9.11 Å². The lowest BCUT2D eigenvalue weighted by molar-refractivity contribution is 0.381. The topological polar surface area (TPSA) is 74.6 Å². The Morgan fingerprint density at radius 3 is 1.33 bits per heavy atom. The molecule has 9 heavy (non-hydrogen) atoms. The van der Waals surface area contributed by atoms with Gasteiger partial charge in [0.25, 0.3) is 0 Å². The largest absolute Gasteiger partial charge is 0.394 e. The van der Waals surface area contributed by atoms with Crippen molar-refractivity contribution in [3.63, 3.8) is 0 Å². The second kappa shape index (κ2) is 5.36. The predicted octanol–water partition coefficient (Wildman–Crippen LogP) is 0.539. The molecule has 0 radical (unpaired) electrons. The van der Waals surface area contributed by atoms with Crippen molar-refractivity contribution in [1.82, 2.24) is 0 Å². The average molecular weight is 192 g/mol. The Morgan fingerprint density at radius 2 is 1.33 bits per heavy atom. The molecule has 0 bridgehead atoms. The molecule has 4 nitrogen and oxygen atoms in total. The number of hydrogen-bond donors (Lipinski definition) is 4. The van der Waals surface area contributed by atoms with E-state index in [4.69, 9.17) is 17.5 Å². The first-order valence-corrected chi connectivity index (χ1v) is 4.22. The molecule has 0 heterocycles. The minimum atomic E-state index is -4.67. The molecule has 0 unspecified atom stereocenters. The lowest BCUT2D eigenvalue weighted by Crippen LogP contribution is -1.89. The summed E-state index contributed by atoms with van der Waals surface area (Å²) in [6, 6.07) is 0. The highest BCUT2D eigenvalue weighted by Gasteiger charge is 1.84. The first kappa shape index (κ1) is 12.3. The van der Waals surface area contributed by atoms with Crippen LogP contribution in [0.1, 0.15) is 6.92 Å². The van der Waals surface area contributed by atoms with Gasteiger partial charge < -0.3 is 0 Å². The summed E-state index contributed by atoms with van der Waals surface area (Å²) in [4.78, 5) is 0. The van der Waals surface area contributed by atoms with Crippen molar-refractivity contribution >= 4 is 35.7 Å². The van der Waals surface area contributed by atoms with Crippen molar-refractivity contribution in [1.29, 1.82) is 0 Å². The standard InChI is InChI=1S/C2H6S2.H2O4S/c1-2(3)4;1-5(2,3)4/h2-4H,1H3;(H2,1,2,3,4). The van der Waals surface area contributed by atoms with Crippen molar-refractivity contribution < 1.29 is 17.5 Å². The lowest BCUT2D eigenvalue weighted by atomic mass is 11.0. The zero-order chi connectivity index (χ0) is 8.08. The summed E-state index contributed by atoms with van der Waals surface area (Å²) < 4.78 is 31.8. The molecule has 0 aliphatic rings. The average Bonchev–Trinajstić information content (AvgIpc) is 1.19. The predicted molar refractivity (Wildman–Crippen MR) is 41.6 cm³/mol. The van der Waals surface area contributed by atoms with Gasteiger partial charge in [0.15, 0.2) is 0 Å². The molecule has 0 fully saturated rings. The molecule has 0 spiro atoms. The molecular formula is C2H8O4S3. The van der Waals surface area contributed by atoms with Gasteiger partial charge in [0, 0.05) is 4.58 Å². The molecule has 0 aliphatic heterocycles. The van der Waals surface area contributed by atoms with Gasteiger partial charge in [-0.05, 0) is 6.92 Å². The Morgan fingerprint density at radius 1 is 1.33 bits per heavy atom. The maximum atomic E-state index is 8.74. The third-order valence-corrected chi connectivity index (χ3v) is 0. The highest BCUT2D eigenvalue weighted by Crippen LogP contribution is 1.93. The first-order chi connectivity index (χ1) is 3.73. The molecule has 0 aromatic rings. The first-order valence-electron chi connectivity index (χ1n) is 1.79. The summed E-state index contributed by atoms with van der Waals surface area (Å²) in [7, 11) is -4.67. The number of hydrogen-bond acceptors (Lipinski definition) is 4. The molecule has 0 rings (SSSR count). The van der Waals surface area contributed by atoms with E-state index < -0.39 is 10.4 Å². The van der Waals surface area contributed by atoms with E-state index in [2.05, 4.69) is 25.3 Å². The van der Waals surface area contributed by atoms with Gasteiger partial charge in [0.1, 0.15) is 0 Å². The van der Waals surface area contributed by atoms with E-state index in [1.54, 1.807) is 0 Å². The Labute approximate surface area is 65.1 Å². The van der Waals surface area contributed by atoms with Crippen molar-refractivity contribution in [2.45, 2.75) is 11.5 Å². The van der Waals surface area contributed by atoms with Gasteiger partial charge in [-0.15, -0.1) is 0 Å². The summed E-state index contributed by atoms with van der Waals surface area (Å²) in [5.41, 5.74) is 0. The maximum Gasteiger partial charge on any atom is 0.394 e. The highest BCUT2D eigenvalue weighted by atomic mass is 32.3. The molecular weight excluding hydrogens is 184 g/mol. The van der Waals surface area contributed by atoms with Crippen LogP contribution in [-0.4, -0.2) is 22.1 Å². The van der Waals surface area contributed by atoms with Crippen LogP contribution in [0.4, 0.5) is 0 Å². The monoisotopic (exact) mass is 192 g/mol. The van der Waals surface area contributed by atoms with Crippen LogP contribution in [0.15, 0.2) is 0 Å². The third kappa shape index (κ3) is 1140. The fraction of sp³-hybridized carbons (Fsp3) is 1.00. The molecule has 0 aromatic carbocycles. The van der Waals surface area contributed by atoms with E-state index in [0.717, 1.165) is 0 Å². The highest BCUT2D eigenvalue weighted by molar-refractivity contribution is 7.99. The Kier molecular flexibility index (Phi) is 7.31. The van der Waals surface area contributed by atoms with Gasteiger partial charge in [-0.2, -0.15) is 33.7 Å². The van der Waals surface area contributed by atoms with Gasteiger partial charge in [0.2, 0.25) is 0 Å². The Balaban J connectivity index is 0. The van der Waals surface area contributed by atoms with Crippen LogP contribution in [0.2, 0.25) is 0 Å². The molecule has 0 amide bonds. The van der Waals surface area contributed by atoms with Crippen LogP contribution in [0.25, 0.3) is 0 Å². The van der Waals surface area contributed by atoms with Gasteiger partial charge in [0.05, 0.1) is 0 Å². The zero-order valence-electron chi connectivity index (χ0n) is 4.59. The quantitative estimate of drug-likeness (QED) is 0.257. The molecule has 0 saturated carbocycles. The van der Waals surface area contributed by atoms with Crippen LogP contribution in [-0.2, 0) is 10.4 Å². The molecule has 58 valence electrons. The fourth-order valence-electron chi connectivity index (χ4n) is 0. The van der Waals surface area contributed by atoms with Crippen LogP contribution in [0.3, 0.4) is 0 Å². The van der Waals surface area contributed by atoms with E-state index >= 15 is 0 Å². The summed E-state index contributed by atoms with van der Waals surface area (Å²) in [5, 5.41) is 0. The number of rotatable bonds is 0. The van der Waals surface area contributed by atoms with E-state index in [0.29, 0.717) is 0 Å². The van der Waals surface area contributed by atoms with Crippen LogP contribution in [0, 0.1) is 0 Å². The molecule has 0 aliphatic carbocycles. The minimum absolute atomic E-state index is 0.222. The maximum absolute atomic E-state index is 8.74.